The molecule has 0 spiro atoms. The normalized spacial score (nSPS) is 10.9. The second kappa shape index (κ2) is 6.84. The molecule has 0 unspecified atom stereocenters. The number of aromatic nitrogens is 1. The van der Waals surface area contributed by atoms with Gasteiger partial charge in [0, 0.05) is 17.2 Å². The number of nitrogens with zero attached hydrogens (tertiary/aromatic N) is 1. The van der Waals surface area contributed by atoms with Crippen LogP contribution in [0.3, 0.4) is 0 Å². The maximum Gasteiger partial charge on any atom is 0.328 e. The van der Waals surface area contributed by atoms with Gasteiger partial charge in [-0.3, -0.25) is 4.79 Å². The van der Waals surface area contributed by atoms with E-state index in [1.807, 2.05) is 30.3 Å². The molecule has 0 saturated heterocycles. The summed E-state index contributed by atoms with van der Waals surface area (Å²) in [6.45, 7) is 0. The molecule has 0 aliphatic carbocycles. The number of carboxylic acid groups (broad SMARTS) is 1. The predicted octanol–water partition coefficient (Wildman–Crippen LogP) is 3.21. The van der Waals surface area contributed by atoms with Gasteiger partial charge in [0.15, 0.2) is 0 Å². The number of carboxylic acids is 1. The summed E-state index contributed by atoms with van der Waals surface area (Å²) in [4.78, 5) is 26.6. The van der Waals surface area contributed by atoms with Crippen LogP contribution in [0.1, 0.15) is 16.1 Å². The quantitative estimate of drug-likeness (QED) is 0.697. The highest BCUT2D eigenvalue weighted by Crippen LogP contribution is 2.29. The van der Waals surface area contributed by atoms with Crippen LogP contribution < -0.4 is 5.73 Å². The van der Waals surface area contributed by atoms with Crippen LogP contribution in [0.4, 0.5) is 0 Å². The summed E-state index contributed by atoms with van der Waals surface area (Å²) in [6.07, 6.45) is 2.53. The molecule has 6 heteroatoms. The molecule has 3 rings (SSSR count). The van der Waals surface area contributed by atoms with Crippen molar-refractivity contribution in [1.29, 1.82) is 0 Å². The molecular weight excluding hydrogens is 320 g/mol. The first-order chi connectivity index (χ1) is 12.0. The van der Waals surface area contributed by atoms with Crippen LogP contribution >= 0.6 is 0 Å². The first-order valence-corrected chi connectivity index (χ1v) is 7.42. The van der Waals surface area contributed by atoms with Gasteiger partial charge >= 0.3 is 5.97 Å². The van der Waals surface area contributed by atoms with Gasteiger partial charge < -0.3 is 15.3 Å². The Morgan fingerprint density at radius 2 is 1.68 bits per heavy atom. The average molecular weight is 334 g/mol. The fraction of sp³-hybridized carbons (Fsp3) is 0. The lowest BCUT2D eigenvalue weighted by Gasteiger charge is -1.97. The number of aliphatic carboxylic acids is 1. The Morgan fingerprint density at radius 1 is 1.00 bits per heavy atom. The highest BCUT2D eigenvalue weighted by atomic mass is 16.4. The van der Waals surface area contributed by atoms with Crippen molar-refractivity contribution in [3.05, 3.63) is 72.0 Å². The first-order valence-electron chi connectivity index (χ1n) is 7.42. The lowest BCUT2D eigenvalue weighted by atomic mass is 10.1. The minimum atomic E-state index is -1.02. The van der Waals surface area contributed by atoms with E-state index in [4.69, 9.17) is 15.3 Å². The van der Waals surface area contributed by atoms with E-state index in [1.54, 1.807) is 24.3 Å². The molecule has 2 aromatic carbocycles. The van der Waals surface area contributed by atoms with E-state index in [2.05, 4.69) is 4.98 Å². The standard InChI is InChI=1S/C19H14N2O4/c20-18(24)17-16(13-4-2-1-3-5-13)21-19(25-17)14-9-6-12(7-10-14)8-11-15(22)23/h1-11H,(H2,20,24)(H,22,23)/b11-8+. The van der Waals surface area contributed by atoms with E-state index in [0.29, 0.717) is 11.3 Å². The van der Waals surface area contributed by atoms with Gasteiger partial charge in [0.1, 0.15) is 5.69 Å². The number of carbonyl (C=O) groups is 2. The number of benzene rings is 2. The number of nitrogens with two attached hydrogens (primary N) is 1. The van der Waals surface area contributed by atoms with Crippen LogP contribution in [-0.4, -0.2) is 22.0 Å². The predicted molar refractivity (Wildman–Crippen MR) is 92.6 cm³/mol. The summed E-state index contributed by atoms with van der Waals surface area (Å²) in [6, 6.07) is 16.1. The zero-order valence-electron chi connectivity index (χ0n) is 13.0. The zero-order valence-corrected chi connectivity index (χ0v) is 13.0. The summed E-state index contributed by atoms with van der Waals surface area (Å²) in [5.41, 5.74) is 7.88. The Balaban J connectivity index is 1.98. The highest BCUT2D eigenvalue weighted by molar-refractivity contribution is 5.96. The van der Waals surface area contributed by atoms with Crippen LogP contribution in [0.2, 0.25) is 0 Å². The van der Waals surface area contributed by atoms with Gasteiger partial charge in [0.05, 0.1) is 0 Å². The smallest absolute Gasteiger partial charge is 0.328 e. The molecule has 25 heavy (non-hydrogen) atoms. The number of hydrogen-bond donors (Lipinski definition) is 2. The average Bonchev–Trinajstić information content (AvgIpc) is 3.07. The van der Waals surface area contributed by atoms with Crippen LogP contribution in [0, 0.1) is 0 Å². The minimum absolute atomic E-state index is 0.00366. The van der Waals surface area contributed by atoms with Crippen molar-refractivity contribution in [3.8, 4) is 22.7 Å². The molecule has 1 amide bonds. The Kier molecular flexibility index (Phi) is 4.43. The zero-order chi connectivity index (χ0) is 17.8. The van der Waals surface area contributed by atoms with Crippen molar-refractivity contribution >= 4 is 18.0 Å². The Bertz CT molecular complexity index is 941. The molecule has 0 bridgehead atoms. The maximum atomic E-state index is 11.7. The minimum Gasteiger partial charge on any atom is -0.478 e. The van der Waals surface area contributed by atoms with E-state index in [-0.39, 0.29) is 11.7 Å². The molecule has 0 aliphatic heterocycles. The lowest BCUT2D eigenvalue weighted by Crippen LogP contribution is -2.10. The van der Waals surface area contributed by atoms with Crippen LogP contribution in [0.5, 0.6) is 0 Å². The number of oxazole rings is 1. The van der Waals surface area contributed by atoms with Gasteiger partial charge in [-0.15, -0.1) is 0 Å². The molecule has 124 valence electrons. The van der Waals surface area contributed by atoms with Crippen molar-refractivity contribution in [2.75, 3.05) is 0 Å². The molecule has 0 radical (unpaired) electrons. The maximum absolute atomic E-state index is 11.7. The first kappa shape index (κ1) is 16.2. The molecule has 6 nitrogen and oxygen atoms in total. The molecule has 0 atom stereocenters. The Hall–Kier alpha value is -3.67. The van der Waals surface area contributed by atoms with E-state index < -0.39 is 11.9 Å². The van der Waals surface area contributed by atoms with E-state index in [1.165, 1.54) is 6.08 Å². The molecule has 3 N–H and O–H groups in total. The van der Waals surface area contributed by atoms with Gasteiger partial charge in [0.2, 0.25) is 11.7 Å². The number of primary amides is 1. The molecule has 0 aliphatic rings. The molecular formula is C19H14N2O4. The largest absolute Gasteiger partial charge is 0.478 e. The fourth-order valence-corrected chi connectivity index (χ4v) is 2.31. The van der Waals surface area contributed by atoms with Gasteiger partial charge in [0.25, 0.3) is 5.91 Å². The molecule has 0 saturated carbocycles. The molecule has 3 aromatic rings. The summed E-state index contributed by atoms with van der Waals surface area (Å²) in [5, 5.41) is 8.65. The third-order valence-electron chi connectivity index (χ3n) is 3.47. The molecule has 1 aromatic heterocycles. The van der Waals surface area contributed by atoms with Gasteiger partial charge in [-0.1, -0.05) is 42.5 Å². The molecule has 0 fully saturated rings. The topological polar surface area (TPSA) is 106 Å². The van der Waals surface area contributed by atoms with Crippen molar-refractivity contribution in [2.24, 2.45) is 5.73 Å². The van der Waals surface area contributed by atoms with Crippen molar-refractivity contribution < 1.29 is 19.1 Å². The van der Waals surface area contributed by atoms with E-state index in [0.717, 1.165) is 17.2 Å². The number of hydrogen-bond acceptors (Lipinski definition) is 4. The summed E-state index contributed by atoms with van der Waals surface area (Å²) in [5.74, 6) is -1.45. The Labute approximate surface area is 143 Å². The fourth-order valence-electron chi connectivity index (χ4n) is 2.31. The van der Waals surface area contributed by atoms with Crippen LogP contribution in [0.15, 0.2) is 65.1 Å². The molecule has 1 heterocycles. The van der Waals surface area contributed by atoms with Crippen LogP contribution in [-0.2, 0) is 4.79 Å². The SMILES string of the molecule is NC(=O)c1oc(-c2ccc(/C=C/C(=O)O)cc2)nc1-c1ccccc1. The van der Waals surface area contributed by atoms with E-state index in [9.17, 15) is 9.59 Å². The third kappa shape index (κ3) is 3.64. The van der Waals surface area contributed by atoms with Crippen molar-refractivity contribution in [2.45, 2.75) is 0 Å². The summed E-state index contributed by atoms with van der Waals surface area (Å²) >= 11 is 0. The van der Waals surface area contributed by atoms with Gasteiger partial charge in [-0.05, 0) is 23.8 Å². The second-order valence-corrected chi connectivity index (χ2v) is 5.22. The number of amides is 1. The van der Waals surface area contributed by atoms with Crippen molar-refractivity contribution in [3.63, 3.8) is 0 Å². The van der Waals surface area contributed by atoms with Crippen LogP contribution in [0.25, 0.3) is 28.8 Å². The Morgan fingerprint density at radius 3 is 2.28 bits per heavy atom. The third-order valence-corrected chi connectivity index (χ3v) is 3.47. The van der Waals surface area contributed by atoms with Crippen molar-refractivity contribution in [1.82, 2.24) is 4.98 Å². The van der Waals surface area contributed by atoms with Gasteiger partial charge in [-0.2, -0.15) is 0 Å². The highest BCUT2D eigenvalue weighted by Gasteiger charge is 2.20. The number of rotatable bonds is 5. The lowest BCUT2D eigenvalue weighted by molar-refractivity contribution is -0.131. The summed E-state index contributed by atoms with van der Waals surface area (Å²) < 4.78 is 5.56. The second-order valence-electron chi connectivity index (χ2n) is 5.22. The van der Waals surface area contributed by atoms with Gasteiger partial charge in [-0.25, -0.2) is 9.78 Å². The summed E-state index contributed by atoms with van der Waals surface area (Å²) in [7, 11) is 0. The van der Waals surface area contributed by atoms with E-state index >= 15 is 0 Å². The monoisotopic (exact) mass is 334 g/mol. The number of carbonyl (C=O) groups excluding carboxylic acids is 1.